The Hall–Kier alpha value is -2.48. The van der Waals surface area contributed by atoms with Crippen molar-refractivity contribution in [3.8, 4) is 11.3 Å². The molecule has 1 aliphatic carbocycles. The minimum absolute atomic E-state index is 0.238. The number of nitrogens with zero attached hydrogens (tertiary/aromatic N) is 4. The van der Waals surface area contributed by atoms with Crippen molar-refractivity contribution in [2.24, 2.45) is 0 Å². The first-order chi connectivity index (χ1) is 11.2. The second kappa shape index (κ2) is 5.62. The molecule has 1 aliphatic rings. The number of carbonyl (C=O) groups is 1. The van der Waals surface area contributed by atoms with Gasteiger partial charge in [-0.3, -0.25) is 19.9 Å². The molecule has 1 fully saturated rings. The molecule has 2 N–H and O–H groups in total. The number of aromatic nitrogens is 5. The number of nitrogens with one attached hydrogen (secondary N) is 2. The van der Waals surface area contributed by atoms with Gasteiger partial charge < -0.3 is 0 Å². The van der Waals surface area contributed by atoms with Gasteiger partial charge in [0.2, 0.25) is 0 Å². The van der Waals surface area contributed by atoms with E-state index in [0.29, 0.717) is 16.7 Å². The third-order valence-electron chi connectivity index (χ3n) is 3.83. The van der Waals surface area contributed by atoms with E-state index in [1.54, 1.807) is 6.20 Å². The molecule has 3 aromatic rings. The smallest absolute Gasteiger partial charge is 0.277 e. The minimum atomic E-state index is -0.238. The summed E-state index contributed by atoms with van der Waals surface area (Å²) in [4.78, 5) is 16.7. The monoisotopic (exact) mass is 328 g/mol. The molecule has 0 aromatic carbocycles. The molecule has 1 saturated carbocycles. The van der Waals surface area contributed by atoms with Crippen LogP contribution >= 0.6 is 11.3 Å². The van der Waals surface area contributed by atoms with Gasteiger partial charge in [0, 0.05) is 35.3 Å². The standard InChI is InChI=1S/C15H16N6OS/c1-2-21-7-10(6-16-21)13-8-23-15(17-13)18-14(22)12-5-11(19-20-12)9-3-4-9/h5-9H,2-4H2,1H3,(H,19,20)(H,17,18,22). The van der Waals surface area contributed by atoms with Crippen LogP contribution < -0.4 is 5.32 Å². The summed E-state index contributed by atoms with van der Waals surface area (Å²) in [6, 6.07) is 1.83. The number of anilines is 1. The van der Waals surface area contributed by atoms with E-state index in [0.717, 1.165) is 23.5 Å². The summed E-state index contributed by atoms with van der Waals surface area (Å²) in [7, 11) is 0. The Morgan fingerprint density at radius 1 is 1.52 bits per heavy atom. The predicted molar refractivity (Wildman–Crippen MR) is 87.5 cm³/mol. The maximum absolute atomic E-state index is 12.2. The molecule has 0 unspecified atom stereocenters. The van der Waals surface area contributed by atoms with Crippen LogP contribution in [0, 0.1) is 0 Å². The molecule has 0 saturated heterocycles. The third kappa shape index (κ3) is 2.89. The van der Waals surface area contributed by atoms with Gasteiger partial charge in [-0.05, 0) is 25.8 Å². The average Bonchev–Trinajstić information content (AvgIpc) is 3.00. The first-order valence-electron chi connectivity index (χ1n) is 7.58. The fourth-order valence-electron chi connectivity index (χ4n) is 2.35. The first-order valence-corrected chi connectivity index (χ1v) is 8.46. The lowest BCUT2D eigenvalue weighted by Crippen LogP contribution is -2.12. The highest BCUT2D eigenvalue weighted by atomic mass is 32.1. The zero-order chi connectivity index (χ0) is 15.8. The van der Waals surface area contributed by atoms with Gasteiger partial charge in [-0.25, -0.2) is 4.98 Å². The van der Waals surface area contributed by atoms with E-state index in [1.165, 1.54) is 24.2 Å². The summed E-state index contributed by atoms with van der Waals surface area (Å²) in [6.45, 7) is 2.85. The lowest BCUT2D eigenvalue weighted by Gasteiger charge is -1.96. The number of hydrogen-bond donors (Lipinski definition) is 2. The SMILES string of the molecule is CCn1cc(-c2csc(NC(=O)c3cc(C4CC4)[nH]n3)n2)cn1. The molecule has 1 amide bonds. The number of carbonyl (C=O) groups excluding carboxylic acids is 1. The van der Waals surface area contributed by atoms with Crippen LogP contribution in [0.4, 0.5) is 5.13 Å². The van der Waals surface area contributed by atoms with E-state index in [4.69, 9.17) is 0 Å². The molecule has 23 heavy (non-hydrogen) atoms. The maximum Gasteiger partial charge on any atom is 0.277 e. The van der Waals surface area contributed by atoms with Gasteiger partial charge in [0.05, 0.1) is 11.9 Å². The van der Waals surface area contributed by atoms with E-state index in [2.05, 4.69) is 25.6 Å². The lowest BCUT2D eigenvalue weighted by molar-refractivity contribution is 0.102. The number of aromatic amines is 1. The van der Waals surface area contributed by atoms with Crippen molar-refractivity contribution >= 4 is 22.4 Å². The van der Waals surface area contributed by atoms with Gasteiger partial charge in [0.25, 0.3) is 5.91 Å². The van der Waals surface area contributed by atoms with E-state index in [-0.39, 0.29) is 5.91 Å². The van der Waals surface area contributed by atoms with Crippen LogP contribution in [0.5, 0.6) is 0 Å². The molecular weight excluding hydrogens is 312 g/mol. The van der Waals surface area contributed by atoms with Crippen molar-refractivity contribution in [1.29, 1.82) is 0 Å². The highest BCUT2D eigenvalue weighted by Gasteiger charge is 2.26. The van der Waals surface area contributed by atoms with Crippen LogP contribution in [-0.4, -0.2) is 30.9 Å². The van der Waals surface area contributed by atoms with E-state index < -0.39 is 0 Å². The van der Waals surface area contributed by atoms with Gasteiger partial charge in [-0.2, -0.15) is 10.2 Å². The second-order valence-corrected chi connectivity index (χ2v) is 6.42. The Labute approximate surface area is 136 Å². The largest absolute Gasteiger partial charge is 0.296 e. The topological polar surface area (TPSA) is 88.5 Å². The molecule has 0 atom stereocenters. The number of H-pyrrole nitrogens is 1. The zero-order valence-corrected chi connectivity index (χ0v) is 13.4. The molecule has 118 valence electrons. The van der Waals surface area contributed by atoms with Crippen molar-refractivity contribution in [2.45, 2.75) is 32.2 Å². The molecular formula is C15H16N6OS. The van der Waals surface area contributed by atoms with Crippen LogP contribution in [0.25, 0.3) is 11.3 Å². The molecule has 0 radical (unpaired) electrons. The van der Waals surface area contributed by atoms with Crippen molar-refractivity contribution < 1.29 is 4.79 Å². The lowest BCUT2D eigenvalue weighted by atomic mass is 10.2. The highest BCUT2D eigenvalue weighted by Crippen LogP contribution is 2.39. The third-order valence-corrected chi connectivity index (χ3v) is 4.58. The molecule has 8 heteroatoms. The van der Waals surface area contributed by atoms with Crippen molar-refractivity contribution in [3.05, 3.63) is 35.2 Å². The number of amides is 1. The van der Waals surface area contributed by atoms with E-state index >= 15 is 0 Å². The first kappa shape index (κ1) is 14.1. The molecule has 0 bridgehead atoms. The van der Waals surface area contributed by atoms with Crippen LogP contribution in [0.2, 0.25) is 0 Å². The summed E-state index contributed by atoms with van der Waals surface area (Å²) >= 11 is 1.39. The van der Waals surface area contributed by atoms with Crippen LogP contribution in [-0.2, 0) is 6.54 Å². The summed E-state index contributed by atoms with van der Waals surface area (Å²) in [5.41, 5.74) is 3.20. The van der Waals surface area contributed by atoms with Crippen LogP contribution in [0.15, 0.2) is 23.8 Å². The Kier molecular flexibility index (Phi) is 3.45. The number of aryl methyl sites for hydroxylation is 1. The Morgan fingerprint density at radius 2 is 2.39 bits per heavy atom. The molecule has 3 aromatic heterocycles. The van der Waals surface area contributed by atoms with Crippen molar-refractivity contribution in [3.63, 3.8) is 0 Å². The van der Waals surface area contributed by atoms with Crippen LogP contribution in [0.3, 0.4) is 0 Å². The van der Waals surface area contributed by atoms with E-state index in [1.807, 2.05) is 29.2 Å². The molecule has 7 nitrogen and oxygen atoms in total. The summed E-state index contributed by atoms with van der Waals surface area (Å²) < 4.78 is 1.84. The van der Waals surface area contributed by atoms with E-state index in [9.17, 15) is 4.79 Å². The van der Waals surface area contributed by atoms with Gasteiger partial charge in [-0.15, -0.1) is 11.3 Å². The summed E-state index contributed by atoms with van der Waals surface area (Å²) in [5, 5.41) is 16.5. The summed E-state index contributed by atoms with van der Waals surface area (Å²) in [6.07, 6.45) is 6.06. The summed E-state index contributed by atoms with van der Waals surface area (Å²) in [5.74, 6) is 0.309. The fourth-order valence-corrected chi connectivity index (χ4v) is 3.06. The number of hydrogen-bond acceptors (Lipinski definition) is 5. The highest BCUT2D eigenvalue weighted by molar-refractivity contribution is 7.14. The van der Waals surface area contributed by atoms with Crippen molar-refractivity contribution in [2.75, 3.05) is 5.32 Å². The molecule has 3 heterocycles. The molecule has 4 rings (SSSR count). The Balaban J connectivity index is 1.46. The van der Waals surface area contributed by atoms with Crippen molar-refractivity contribution in [1.82, 2.24) is 25.0 Å². The van der Waals surface area contributed by atoms with Gasteiger partial charge in [0.1, 0.15) is 0 Å². The van der Waals surface area contributed by atoms with Gasteiger partial charge >= 0.3 is 0 Å². The predicted octanol–water partition coefficient (Wildman–Crippen LogP) is 2.88. The molecule has 0 aliphatic heterocycles. The molecule has 0 spiro atoms. The Bertz CT molecular complexity index is 844. The average molecular weight is 328 g/mol. The maximum atomic E-state index is 12.2. The van der Waals surface area contributed by atoms with Gasteiger partial charge in [0.15, 0.2) is 10.8 Å². The Morgan fingerprint density at radius 3 is 3.13 bits per heavy atom. The quantitative estimate of drug-likeness (QED) is 0.754. The fraction of sp³-hybridized carbons (Fsp3) is 0.333. The number of thiazole rings is 1. The number of rotatable bonds is 5. The van der Waals surface area contributed by atoms with Crippen LogP contribution in [0.1, 0.15) is 41.9 Å². The van der Waals surface area contributed by atoms with Gasteiger partial charge in [-0.1, -0.05) is 0 Å². The second-order valence-electron chi connectivity index (χ2n) is 5.56. The normalized spacial score (nSPS) is 14.1. The zero-order valence-electron chi connectivity index (χ0n) is 12.6. The minimum Gasteiger partial charge on any atom is -0.296 e.